The molecule has 0 radical (unpaired) electrons. The Labute approximate surface area is 193 Å². The Morgan fingerprint density at radius 2 is 1.45 bits per heavy atom. The number of hydrogen-bond donors (Lipinski definition) is 1. The average molecular weight is 440 g/mol. The smallest absolute Gasteiger partial charge is 0.244 e. The number of nitrogens with zero attached hydrogens (tertiary/aromatic N) is 2. The van der Waals surface area contributed by atoms with Crippen molar-refractivity contribution >= 4 is 33.4 Å². The second kappa shape index (κ2) is 9.20. The van der Waals surface area contributed by atoms with E-state index in [4.69, 9.17) is 0 Å². The van der Waals surface area contributed by atoms with E-state index in [-0.39, 0.29) is 17.9 Å². The van der Waals surface area contributed by atoms with Gasteiger partial charge >= 0.3 is 0 Å². The normalized spacial score (nSPS) is 15.2. The molecule has 0 saturated carbocycles. The van der Waals surface area contributed by atoms with Crippen LogP contribution in [0.5, 0.6) is 0 Å². The summed E-state index contributed by atoms with van der Waals surface area (Å²) < 4.78 is 1.92. The van der Waals surface area contributed by atoms with E-state index in [1.165, 1.54) is 18.4 Å². The van der Waals surface area contributed by atoms with Gasteiger partial charge in [-0.05, 0) is 73.8 Å². The topological polar surface area (TPSA) is 54.3 Å². The minimum atomic E-state index is -0.119. The summed E-state index contributed by atoms with van der Waals surface area (Å²) in [5.41, 5.74) is 3.58. The van der Waals surface area contributed by atoms with Crippen molar-refractivity contribution in [1.29, 1.82) is 0 Å². The quantitative estimate of drug-likeness (QED) is 0.444. The molecule has 1 aliphatic heterocycles. The van der Waals surface area contributed by atoms with E-state index in [2.05, 4.69) is 29.3 Å². The molecule has 1 fully saturated rings. The van der Waals surface area contributed by atoms with Gasteiger partial charge in [0.25, 0.3) is 0 Å². The first-order valence-corrected chi connectivity index (χ1v) is 11.7. The van der Waals surface area contributed by atoms with Crippen LogP contribution in [0.1, 0.15) is 25.3 Å². The van der Waals surface area contributed by atoms with Gasteiger partial charge in [-0.1, -0.05) is 43.3 Å². The number of amides is 1. The minimum absolute atomic E-state index is 0.00314. The molecule has 3 aromatic carbocycles. The summed E-state index contributed by atoms with van der Waals surface area (Å²) in [6.45, 7) is 5.72. The molecule has 1 saturated heterocycles. The molecule has 33 heavy (non-hydrogen) atoms. The van der Waals surface area contributed by atoms with Crippen LogP contribution in [0.25, 0.3) is 21.8 Å². The number of aromatic nitrogens is 1. The molecule has 1 amide bonds. The maximum atomic E-state index is 13.0. The first-order chi connectivity index (χ1) is 16.1. The molecule has 0 unspecified atom stereocenters. The third-order valence-electron chi connectivity index (χ3n) is 6.70. The van der Waals surface area contributed by atoms with Crippen molar-refractivity contribution in [3.8, 4) is 0 Å². The third kappa shape index (κ3) is 4.55. The number of nitrogens with one attached hydrogen (secondary N) is 1. The van der Waals surface area contributed by atoms with Crippen molar-refractivity contribution in [2.45, 2.75) is 32.9 Å². The fourth-order valence-electron chi connectivity index (χ4n) is 4.76. The molecule has 4 aromatic rings. The van der Waals surface area contributed by atoms with E-state index in [1.54, 1.807) is 0 Å². The molecule has 5 rings (SSSR count). The monoisotopic (exact) mass is 439 g/mol. The van der Waals surface area contributed by atoms with Crippen LogP contribution < -0.4 is 10.7 Å². The van der Waals surface area contributed by atoms with Crippen molar-refractivity contribution in [3.05, 3.63) is 88.6 Å². The number of pyridine rings is 1. The highest BCUT2D eigenvalue weighted by atomic mass is 16.2. The molecule has 5 heteroatoms. The van der Waals surface area contributed by atoms with Gasteiger partial charge in [0.15, 0.2) is 5.43 Å². The Hall–Kier alpha value is -3.44. The Morgan fingerprint density at radius 1 is 0.879 bits per heavy atom. The SMILES string of the molecule is CC1CCN(Cc2ccc(NC(=O)Cn3c4ccccc4c(=O)c4ccccc43)cc2)CC1. The molecule has 0 aliphatic carbocycles. The summed E-state index contributed by atoms with van der Waals surface area (Å²) in [4.78, 5) is 28.4. The van der Waals surface area contributed by atoms with Gasteiger partial charge in [-0.25, -0.2) is 0 Å². The molecule has 168 valence electrons. The van der Waals surface area contributed by atoms with Crippen LogP contribution in [0.4, 0.5) is 5.69 Å². The van der Waals surface area contributed by atoms with Crippen molar-refractivity contribution in [1.82, 2.24) is 9.47 Å². The van der Waals surface area contributed by atoms with E-state index >= 15 is 0 Å². The Morgan fingerprint density at radius 3 is 2.06 bits per heavy atom. The first-order valence-electron chi connectivity index (χ1n) is 11.7. The molecule has 0 bridgehead atoms. The zero-order valence-corrected chi connectivity index (χ0v) is 19.0. The van der Waals surface area contributed by atoms with Crippen LogP contribution in [-0.2, 0) is 17.9 Å². The molecule has 5 nitrogen and oxygen atoms in total. The van der Waals surface area contributed by atoms with Crippen molar-refractivity contribution in [3.63, 3.8) is 0 Å². The van der Waals surface area contributed by atoms with Crippen LogP contribution >= 0.6 is 0 Å². The van der Waals surface area contributed by atoms with Crippen LogP contribution in [0.15, 0.2) is 77.6 Å². The molecule has 0 atom stereocenters. The molecule has 1 aliphatic rings. The van der Waals surface area contributed by atoms with Crippen molar-refractivity contribution < 1.29 is 4.79 Å². The van der Waals surface area contributed by atoms with E-state index in [9.17, 15) is 9.59 Å². The summed E-state index contributed by atoms with van der Waals surface area (Å²) in [5, 5.41) is 4.27. The number of hydrogen-bond acceptors (Lipinski definition) is 3. The van der Waals surface area contributed by atoms with E-state index in [0.29, 0.717) is 10.8 Å². The molecule has 1 N–H and O–H groups in total. The van der Waals surface area contributed by atoms with Gasteiger partial charge in [0.1, 0.15) is 6.54 Å². The van der Waals surface area contributed by atoms with Gasteiger partial charge in [0.05, 0.1) is 11.0 Å². The lowest BCUT2D eigenvalue weighted by Crippen LogP contribution is -2.32. The largest absolute Gasteiger partial charge is 0.331 e. The Bertz CT molecular complexity index is 1290. The van der Waals surface area contributed by atoms with E-state index < -0.39 is 0 Å². The number of benzene rings is 3. The van der Waals surface area contributed by atoms with E-state index in [0.717, 1.165) is 42.3 Å². The fraction of sp³-hybridized carbons (Fsp3) is 0.286. The lowest BCUT2D eigenvalue weighted by atomic mass is 9.99. The number of anilines is 1. The van der Waals surface area contributed by atoms with Gasteiger partial charge in [0, 0.05) is 23.0 Å². The van der Waals surface area contributed by atoms with Gasteiger partial charge in [-0.15, -0.1) is 0 Å². The predicted molar refractivity (Wildman–Crippen MR) is 134 cm³/mol. The highest BCUT2D eigenvalue weighted by Gasteiger charge is 2.16. The number of fused-ring (bicyclic) bond motifs is 2. The van der Waals surface area contributed by atoms with Crippen molar-refractivity contribution in [2.75, 3.05) is 18.4 Å². The van der Waals surface area contributed by atoms with Gasteiger partial charge in [-0.3, -0.25) is 14.5 Å². The average Bonchev–Trinajstić information content (AvgIpc) is 2.84. The molecule has 0 spiro atoms. The van der Waals surface area contributed by atoms with Gasteiger partial charge in [0.2, 0.25) is 5.91 Å². The second-order valence-electron chi connectivity index (χ2n) is 9.15. The van der Waals surface area contributed by atoms with Crippen molar-refractivity contribution in [2.24, 2.45) is 5.92 Å². The van der Waals surface area contributed by atoms with Crippen LogP contribution in [0.2, 0.25) is 0 Å². The standard InChI is InChI=1S/C28H29N3O2/c1-20-14-16-30(17-15-20)18-21-10-12-22(13-11-21)29-27(32)19-31-25-8-4-2-6-23(25)28(33)24-7-3-5-9-26(24)31/h2-13,20H,14-19H2,1H3,(H,29,32). The number of piperidine rings is 1. The number of likely N-dealkylation sites (tertiary alicyclic amines) is 1. The Kier molecular flexibility index (Phi) is 5.97. The Balaban J connectivity index is 1.33. The van der Waals surface area contributed by atoms with Crippen LogP contribution in [0.3, 0.4) is 0 Å². The zero-order valence-electron chi connectivity index (χ0n) is 19.0. The molecule has 2 heterocycles. The lowest BCUT2D eigenvalue weighted by Gasteiger charge is -2.30. The number of carbonyl (C=O) groups is 1. The van der Waals surface area contributed by atoms with Crippen LogP contribution in [0, 0.1) is 5.92 Å². The highest BCUT2D eigenvalue weighted by Crippen LogP contribution is 2.21. The highest BCUT2D eigenvalue weighted by molar-refractivity contribution is 5.97. The summed E-state index contributed by atoms with van der Waals surface area (Å²) >= 11 is 0. The predicted octanol–water partition coefficient (Wildman–Crippen LogP) is 5.03. The first kappa shape index (κ1) is 21.4. The number of rotatable bonds is 5. The summed E-state index contributed by atoms with van der Waals surface area (Å²) in [6, 6.07) is 23.1. The lowest BCUT2D eigenvalue weighted by molar-refractivity contribution is -0.116. The molecule has 1 aromatic heterocycles. The minimum Gasteiger partial charge on any atom is -0.331 e. The number of carbonyl (C=O) groups excluding carboxylic acids is 1. The maximum Gasteiger partial charge on any atom is 0.244 e. The fourth-order valence-corrected chi connectivity index (χ4v) is 4.76. The zero-order chi connectivity index (χ0) is 22.8. The third-order valence-corrected chi connectivity index (χ3v) is 6.70. The summed E-state index contributed by atoms with van der Waals surface area (Å²) in [5.74, 6) is 0.711. The summed E-state index contributed by atoms with van der Waals surface area (Å²) in [7, 11) is 0. The molecular weight excluding hydrogens is 410 g/mol. The number of para-hydroxylation sites is 2. The van der Waals surface area contributed by atoms with Crippen LogP contribution in [-0.4, -0.2) is 28.5 Å². The van der Waals surface area contributed by atoms with E-state index in [1.807, 2.05) is 65.2 Å². The second-order valence-corrected chi connectivity index (χ2v) is 9.15. The summed E-state index contributed by atoms with van der Waals surface area (Å²) in [6.07, 6.45) is 2.53. The molecular formula is C28H29N3O2. The van der Waals surface area contributed by atoms with Gasteiger partial charge in [-0.2, -0.15) is 0 Å². The van der Waals surface area contributed by atoms with Gasteiger partial charge < -0.3 is 9.88 Å². The maximum absolute atomic E-state index is 13.0.